The van der Waals surface area contributed by atoms with Gasteiger partial charge in [-0.15, -0.1) is 0 Å². The Balaban J connectivity index is 0.000000705. The van der Waals surface area contributed by atoms with Gasteiger partial charge < -0.3 is 14.7 Å². The number of hydrogen-bond acceptors (Lipinski definition) is 9. The summed E-state index contributed by atoms with van der Waals surface area (Å²) in [6.07, 6.45) is 4.35. The van der Waals surface area contributed by atoms with Crippen molar-refractivity contribution in [3.63, 3.8) is 0 Å². The predicted molar refractivity (Wildman–Crippen MR) is 80.0 cm³/mol. The van der Waals surface area contributed by atoms with Gasteiger partial charge in [0.1, 0.15) is 12.2 Å². The number of nitrogens with zero attached hydrogens (tertiary/aromatic N) is 4. The minimum absolute atomic E-state index is 0.00338. The number of carboxylic acid groups (broad SMARTS) is 2. The highest BCUT2D eigenvalue weighted by atomic mass is 32.2. The lowest BCUT2D eigenvalue weighted by atomic mass is 10.4. The molecule has 0 atom stereocenters. The molecule has 2 heterocycles. The third kappa shape index (κ3) is 8.45. The highest BCUT2D eigenvalue weighted by Gasteiger charge is 2.14. The Hall–Kier alpha value is -2.97. The molecule has 14 heteroatoms. The summed E-state index contributed by atoms with van der Waals surface area (Å²) in [4.78, 5) is 31.0. The molecule has 13 nitrogen and oxygen atoms in total. The fourth-order valence-corrected chi connectivity index (χ4v) is 1.94. The lowest BCUT2D eigenvalue weighted by Crippen LogP contribution is -2.38. The zero-order valence-corrected chi connectivity index (χ0v) is 13.6. The van der Waals surface area contributed by atoms with Gasteiger partial charge in [0.15, 0.2) is 0 Å². The van der Waals surface area contributed by atoms with Crippen molar-refractivity contribution in [2.45, 2.75) is 13.5 Å². The van der Waals surface area contributed by atoms with E-state index in [1.165, 1.54) is 18.6 Å². The van der Waals surface area contributed by atoms with Crippen LogP contribution in [0.25, 0.3) is 11.5 Å². The van der Waals surface area contributed by atoms with Crippen LogP contribution in [0.15, 0.2) is 23.1 Å². The summed E-state index contributed by atoms with van der Waals surface area (Å²) in [5.74, 6) is -1.98. The highest BCUT2D eigenvalue weighted by Crippen LogP contribution is 2.10. The van der Waals surface area contributed by atoms with Gasteiger partial charge in [0.25, 0.3) is 16.2 Å². The van der Waals surface area contributed by atoms with Gasteiger partial charge in [-0.2, -0.15) is 22.8 Å². The maximum Gasteiger partial charge on any atom is 0.318 e. The van der Waals surface area contributed by atoms with Gasteiger partial charge in [-0.05, 0) is 0 Å². The molecular weight excluding hydrogens is 360 g/mol. The second-order valence-electron chi connectivity index (χ2n) is 4.16. The van der Waals surface area contributed by atoms with Gasteiger partial charge in [-0.3, -0.25) is 14.6 Å². The molecule has 4 N–H and O–H groups in total. The van der Waals surface area contributed by atoms with Gasteiger partial charge >= 0.3 is 5.97 Å². The van der Waals surface area contributed by atoms with E-state index in [4.69, 9.17) is 19.5 Å². The van der Waals surface area contributed by atoms with Crippen LogP contribution in [0.1, 0.15) is 12.8 Å². The number of rotatable bonds is 7. The minimum atomic E-state index is -3.97. The largest absolute Gasteiger partial charge is 0.481 e. The van der Waals surface area contributed by atoms with Crippen molar-refractivity contribution in [1.29, 1.82) is 0 Å². The maximum atomic E-state index is 11.4. The van der Waals surface area contributed by atoms with Crippen LogP contribution in [-0.2, 0) is 26.3 Å². The molecule has 136 valence electrons. The van der Waals surface area contributed by atoms with E-state index in [1.54, 1.807) is 0 Å². The molecule has 0 radical (unpaired) electrons. The monoisotopic (exact) mass is 374 g/mol. The molecule has 0 bridgehead atoms. The van der Waals surface area contributed by atoms with Crippen molar-refractivity contribution in [3.8, 4) is 11.5 Å². The van der Waals surface area contributed by atoms with Crippen molar-refractivity contribution in [2.75, 3.05) is 6.54 Å². The van der Waals surface area contributed by atoms with E-state index in [-0.39, 0.29) is 18.3 Å². The number of carboxylic acids is 2. The number of nitrogens with one attached hydrogen (secondary N) is 2. The number of hydrogen-bond donors (Lipinski definition) is 4. The summed E-state index contributed by atoms with van der Waals surface area (Å²) in [6, 6.07) is 0. The van der Waals surface area contributed by atoms with Crippen molar-refractivity contribution in [1.82, 2.24) is 29.6 Å². The molecular formula is C11H14N6O7S. The van der Waals surface area contributed by atoms with Crippen LogP contribution in [0.2, 0.25) is 0 Å². The van der Waals surface area contributed by atoms with Gasteiger partial charge in [0.05, 0.1) is 12.7 Å². The van der Waals surface area contributed by atoms with Gasteiger partial charge in [-0.25, -0.2) is 4.98 Å². The fraction of sp³-hybridized carbons (Fsp3) is 0.273. The summed E-state index contributed by atoms with van der Waals surface area (Å²) in [6.45, 7) is 0.0617. The first-order valence-electron chi connectivity index (χ1n) is 6.44. The Kier molecular flexibility index (Phi) is 7.51. The molecule has 0 amide bonds. The predicted octanol–water partition coefficient (Wildman–Crippen LogP) is -1.37. The zero-order chi connectivity index (χ0) is 18.9. The Labute approximate surface area is 141 Å². The van der Waals surface area contributed by atoms with Crippen LogP contribution in [0.4, 0.5) is 0 Å². The van der Waals surface area contributed by atoms with Crippen molar-refractivity contribution < 1.29 is 32.7 Å². The Morgan fingerprint density at radius 2 is 1.92 bits per heavy atom. The first-order valence-corrected chi connectivity index (χ1v) is 7.92. The molecule has 0 aliphatic heterocycles. The molecule has 0 unspecified atom stereocenters. The van der Waals surface area contributed by atoms with Gasteiger partial charge in [0, 0.05) is 19.3 Å². The van der Waals surface area contributed by atoms with Crippen molar-refractivity contribution >= 4 is 22.1 Å². The minimum Gasteiger partial charge on any atom is -0.481 e. The second-order valence-corrected chi connectivity index (χ2v) is 5.75. The third-order valence-corrected chi connectivity index (χ3v) is 3.14. The van der Waals surface area contributed by atoms with Crippen LogP contribution in [-0.4, -0.2) is 57.2 Å². The van der Waals surface area contributed by atoms with Crippen LogP contribution in [0.5, 0.6) is 0 Å². The van der Waals surface area contributed by atoms with Gasteiger partial charge in [0.2, 0.25) is 11.7 Å². The van der Waals surface area contributed by atoms with Gasteiger partial charge in [-0.1, -0.05) is 5.16 Å². The summed E-state index contributed by atoms with van der Waals surface area (Å²) >= 11 is 0. The Bertz CT molecular complexity index is 803. The molecule has 2 aromatic rings. The van der Waals surface area contributed by atoms with E-state index >= 15 is 0 Å². The average molecular weight is 374 g/mol. The first-order chi connectivity index (χ1) is 11.7. The van der Waals surface area contributed by atoms with E-state index in [9.17, 15) is 13.2 Å². The number of aromatic nitrogens is 4. The lowest BCUT2D eigenvalue weighted by molar-refractivity contribution is -0.136. The Morgan fingerprint density at radius 1 is 1.24 bits per heavy atom. The summed E-state index contributed by atoms with van der Waals surface area (Å²) < 4.78 is 31.5. The standard InChI is InChI=1S/C9H10N6O5S.C2H4O2/c16-8(17)5-13-21(18,19)12-4-7-14-9(15-20-7)6-3-10-1-2-11-6;1-2(3)4/h1-3,12-13H,4-5H2,(H,16,17);1H3,(H,3,4). The maximum absolute atomic E-state index is 11.4. The molecule has 0 saturated heterocycles. The molecule has 2 aromatic heterocycles. The van der Waals surface area contributed by atoms with E-state index < -0.39 is 28.7 Å². The van der Waals surface area contributed by atoms with Crippen LogP contribution in [0.3, 0.4) is 0 Å². The molecule has 0 saturated carbocycles. The molecule has 0 spiro atoms. The average Bonchev–Trinajstić information content (AvgIpc) is 3.01. The van der Waals surface area contributed by atoms with Crippen molar-refractivity contribution in [3.05, 3.63) is 24.5 Å². The summed E-state index contributed by atoms with van der Waals surface area (Å²) in [7, 11) is -3.97. The second kappa shape index (κ2) is 9.36. The molecule has 0 aliphatic carbocycles. The highest BCUT2D eigenvalue weighted by molar-refractivity contribution is 7.87. The molecule has 0 aliphatic rings. The van der Waals surface area contributed by atoms with E-state index in [1.807, 2.05) is 4.72 Å². The smallest absolute Gasteiger partial charge is 0.318 e. The normalized spacial score (nSPS) is 10.6. The van der Waals surface area contributed by atoms with E-state index in [2.05, 4.69) is 24.8 Å². The molecule has 2 rings (SSSR count). The van der Waals surface area contributed by atoms with Crippen LogP contribution >= 0.6 is 0 Å². The topological polar surface area (TPSA) is 197 Å². The summed E-state index contributed by atoms with van der Waals surface area (Å²) in [5, 5.41) is 19.4. The van der Waals surface area contributed by atoms with E-state index in [0.717, 1.165) is 6.92 Å². The first kappa shape index (κ1) is 20.1. The molecule has 0 fully saturated rings. The lowest BCUT2D eigenvalue weighted by Gasteiger charge is -2.03. The molecule has 0 aromatic carbocycles. The van der Waals surface area contributed by atoms with Crippen LogP contribution < -0.4 is 9.44 Å². The number of aliphatic carboxylic acids is 2. The molecule has 25 heavy (non-hydrogen) atoms. The fourth-order valence-electron chi connectivity index (χ4n) is 1.21. The van der Waals surface area contributed by atoms with Crippen LogP contribution in [0, 0.1) is 0 Å². The van der Waals surface area contributed by atoms with E-state index in [0.29, 0.717) is 5.69 Å². The SMILES string of the molecule is CC(=O)O.O=C(O)CNS(=O)(=O)NCc1nc(-c2cnccn2)no1. The zero-order valence-electron chi connectivity index (χ0n) is 12.8. The summed E-state index contributed by atoms with van der Waals surface area (Å²) in [5.41, 5.74) is 0.374. The number of carbonyl (C=O) groups is 2. The Morgan fingerprint density at radius 3 is 2.48 bits per heavy atom. The quantitative estimate of drug-likeness (QED) is 0.445. The third-order valence-electron chi connectivity index (χ3n) is 2.09. The van der Waals surface area contributed by atoms with Crippen molar-refractivity contribution in [2.24, 2.45) is 0 Å².